The van der Waals surface area contributed by atoms with Crippen LogP contribution in [0.15, 0.2) is 24.4 Å². The smallest absolute Gasteiger partial charge is 0.182 e. The van der Waals surface area contributed by atoms with Gasteiger partial charge in [-0.25, -0.2) is 4.39 Å². The monoisotopic (exact) mass is 264 g/mol. The molecular formula is C14H17FN2S. The molecule has 0 aliphatic heterocycles. The van der Waals surface area contributed by atoms with Crippen LogP contribution in [0.4, 0.5) is 4.39 Å². The first-order valence-corrected chi connectivity index (χ1v) is 6.29. The van der Waals surface area contributed by atoms with Gasteiger partial charge in [-0.05, 0) is 30.8 Å². The molecule has 0 amide bonds. The molecule has 2 aromatic rings. The maximum absolute atomic E-state index is 14.1. The Hall–Kier alpha value is -1.42. The Morgan fingerprint density at radius 2 is 1.94 bits per heavy atom. The van der Waals surface area contributed by atoms with Crippen LogP contribution in [0, 0.1) is 17.5 Å². The van der Waals surface area contributed by atoms with E-state index in [0.29, 0.717) is 10.5 Å². The van der Waals surface area contributed by atoms with Gasteiger partial charge in [-0.15, -0.1) is 0 Å². The number of hydrogen-bond acceptors (Lipinski definition) is 1. The number of imidazole rings is 1. The molecule has 0 saturated heterocycles. The summed E-state index contributed by atoms with van der Waals surface area (Å²) in [6, 6.07) is 5.06. The van der Waals surface area contributed by atoms with Crippen LogP contribution in [-0.4, -0.2) is 9.55 Å². The van der Waals surface area contributed by atoms with E-state index in [9.17, 15) is 4.39 Å². The minimum Gasteiger partial charge on any atom is -0.337 e. The summed E-state index contributed by atoms with van der Waals surface area (Å²) in [4.78, 5) is 3.01. The molecule has 0 aliphatic rings. The first-order chi connectivity index (χ1) is 8.32. The molecule has 0 spiro atoms. The maximum Gasteiger partial charge on any atom is 0.182 e. The maximum atomic E-state index is 14.1. The predicted octanol–water partition coefficient (Wildman–Crippen LogP) is 4.28. The highest BCUT2D eigenvalue weighted by Gasteiger charge is 2.22. The van der Waals surface area contributed by atoms with Crippen LogP contribution in [0.5, 0.6) is 0 Å². The third-order valence-corrected chi connectivity index (χ3v) is 3.26. The Morgan fingerprint density at radius 3 is 2.50 bits per heavy atom. The number of aromatic nitrogens is 2. The number of para-hydroxylation sites is 1. The molecule has 0 fully saturated rings. The summed E-state index contributed by atoms with van der Waals surface area (Å²) in [5, 5.41) is 0. The van der Waals surface area contributed by atoms with Crippen molar-refractivity contribution in [2.45, 2.75) is 33.1 Å². The van der Waals surface area contributed by atoms with Crippen LogP contribution in [0.3, 0.4) is 0 Å². The molecule has 1 aromatic carbocycles. The van der Waals surface area contributed by atoms with Crippen LogP contribution in [0.1, 0.15) is 32.0 Å². The molecule has 0 bridgehead atoms. The van der Waals surface area contributed by atoms with Gasteiger partial charge < -0.3 is 4.98 Å². The van der Waals surface area contributed by atoms with Gasteiger partial charge in [-0.1, -0.05) is 32.9 Å². The predicted molar refractivity (Wildman–Crippen MR) is 74.3 cm³/mol. The van der Waals surface area contributed by atoms with E-state index >= 15 is 0 Å². The van der Waals surface area contributed by atoms with E-state index in [-0.39, 0.29) is 11.2 Å². The Balaban J connectivity index is 2.80. The third-order valence-electron chi connectivity index (χ3n) is 2.96. The lowest BCUT2D eigenvalue weighted by Crippen LogP contribution is -2.18. The van der Waals surface area contributed by atoms with Crippen LogP contribution in [0.2, 0.25) is 0 Å². The summed E-state index contributed by atoms with van der Waals surface area (Å²) < 4.78 is 16.4. The quantitative estimate of drug-likeness (QED) is 0.762. The van der Waals surface area contributed by atoms with Gasteiger partial charge in [0.25, 0.3) is 0 Å². The van der Waals surface area contributed by atoms with Gasteiger partial charge in [-0.2, -0.15) is 0 Å². The highest BCUT2D eigenvalue weighted by molar-refractivity contribution is 7.71. The lowest BCUT2D eigenvalue weighted by atomic mass is 9.92. The lowest BCUT2D eigenvalue weighted by molar-refractivity contribution is 0.546. The number of halogens is 1. The van der Waals surface area contributed by atoms with E-state index in [4.69, 9.17) is 12.2 Å². The van der Waals surface area contributed by atoms with Crippen molar-refractivity contribution in [2.24, 2.45) is 0 Å². The van der Waals surface area contributed by atoms with Crippen molar-refractivity contribution in [2.75, 3.05) is 0 Å². The second kappa shape index (κ2) is 4.35. The summed E-state index contributed by atoms with van der Waals surface area (Å²) in [5.74, 6) is -0.254. The number of nitrogens with zero attached hydrogens (tertiary/aromatic N) is 1. The number of hydrogen-bond donors (Lipinski definition) is 1. The SMILES string of the molecule is Cc1cccc(F)c1-n1c(C(C)(C)C)c[nH]c1=S. The number of H-pyrrole nitrogens is 1. The summed E-state index contributed by atoms with van der Waals surface area (Å²) in [7, 11) is 0. The molecule has 0 radical (unpaired) electrons. The molecule has 0 atom stereocenters. The van der Waals surface area contributed by atoms with Crippen LogP contribution in [-0.2, 0) is 5.41 Å². The minimum absolute atomic E-state index is 0.109. The topological polar surface area (TPSA) is 20.7 Å². The number of benzene rings is 1. The Bertz CT molecular complexity index is 612. The highest BCUT2D eigenvalue weighted by Crippen LogP contribution is 2.28. The highest BCUT2D eigenvalue weighted by atomic mass is 32.1. The molecule has 1 heterocycles. The van der Waals surface area contributed by atoms with Crippen molar-refractivity contribution in [1.82, 2.24) is 9.55 Å². The molecule has 0 unspecified atom stereocenters. The Kier molecular flexibility index (Phi) is 3.15. The van der Waals surface area contributed by atoms with Gasteiger partial charge in [0.05, 0.1) is 5.69 Å². The molecule has 96 valence electrons. The molecule has 4 heteroatoms. The number of aromatic amines is 1. The summed E-state index contributed by atoms with van der Waals surface area (Å²) >= 11 is 5.28. The van der Waals surface area contributed by atoms with Crippen molar-refractivity contribution in [3.05, 3.63) is 46.2 Å². The molecule has 1 N–H and O–H groups in total. The van der Waals surface area contributed by atoms with Gasteiger partial charge >= 0.3 is 0 Å². The van der Waals surface area contributed by atoms with Crippen LogP contribution in [0.25, 0.3) is 5.69 Å². The first-order valence-electron chi connectivity index (χ1n) is 5.89. The molecule has 0 aliphatic carbocycles. The van der Waals surface area contributed by atoms with Gasteiger partial charge in [0.2, 0.25) is 0 Å². The molecular weight excluding hydrogens is 247 g/mol. The Morgan fingerprint density at radius 1 is 1.28 bits per heavy atom. The number of rotatable bonds is 1. The van der Waals surface area contributed by atoms with Crippen LogP contribution >= 0.6 is 12.2 Å². The van der Waals surface area contributed by atoms with Crippen molar-refractivity contribution in [3.63, 3.8) is 0 Å². The molecule has 18 heavy (non-hydrogen) atoms. The van der Waals surface area contributed by atoms with E-state index < -0.39 is 0 Å². The van der Waals surface area contributed by atoms with Gasteiger partial charge in [0, 0.05) is 17.3 Å². The van der Waals surface area contributed by atoms with Crippen molar-refractivity contribution in [1.29, 1.82) is 0 Å². The molecule has 2 rings (SSSR count). The summed E-state index contributed by atoms with van der Waals surface area (Å²) in [5.41, 5.74) is 2.27. The zero-order valence-corrected chi connectivity index (χ0v) is 11.9. The lowest BCUT2D eigenvalue weighted by Gasteiger charge is -2.22. The van der Waals surface area contributed by atoms with E-state index in [1.54, 1.807) is 10.6 Å². The average molecular weight is 264 g/mol. The zero-order chi connectivity index (χ0) is 13.5. The van der Waals surface area contributed by atoms with Crippen molar-refractivity contribution >= 4 is 12.2 Å². The molecule has 2 nitrogen and oxygen atoms in total. The summed E-state index contributed by atoms with van der Waals surface area (Å²) in [6.07, 6.45) is 1.86. The first kappa shape index (κ1) is 13.0. The standard InChI is InChI=1S/C14H17FN2S/c1-9-6-5-7-10(15)12(9)17-11(14(2,3)4)8-16-13(17)18/h5-8H,1-4H3,(H,16,18). The average Bonchev–Trinajstić information content (AvgIpc) is 2.60. The number of nitrogens with one attached hydrogen (secondary N) is 1. The number of aryl methyl sites for hydroxylation is 1. The molecule has 1 aromatic heterocycles. The van der Waals surface area contributed by atoms with E-state index in [1.807, 2.05) is 19.2 Å². The van der Waals surface area contributed by atoms with Gasteiger partial charge in [-0.3, -0.25) is 4.57 Å². The van der Waals surface area contributed by atoms with Gasteiger partial charge in [0.1, 0.15) is 5.82 Å². The molecule has 0 saturated carbocycles. The van der Waals surface area contributed by atoms with Crippen molar-refractivity contribution < 1.29 is 4.39 Å². The Labute approximate surface area is 111 Å². The van der Waals surface area contributed by atoms with Gasteiger partial charge in [0.15, 0.2) is 4.77 Å². The second-order valence-corrected chi connectivity index (χ2v) is 5.86. The van der Waals surface area contributed by atoms with E-state index in [1.165, 1.54) is 6.07 Å². The van der Waals surface area contributed by atoms with Crippen molar-refractivity contribution in [3.8, 4) is 5.69 Å². The minimum atomic E-state index is -0.254. The van der Waals surface area contributed by atoms with E-state index in [0.717, 1.165) is 11.3 Å². The third kappa shape index (κ3) is 2.12. The zero-order valence-electron chi connectivity index (χ0n) is 11.0. The largest absolute Gasteiger partial charge is 0.337 e. The fourth-order valence-corrected chi connectivity index (χ4v) is 2.30. The summed E-state index contributed by atoms with van der Waals surface area (Å²) in [6.45, 7) is 8.13. The second-order valence-electron chi connectivity index (χ2n) is 5.47. The fourth-order valence-electron chi connectivity index (χ4n) is 2.05. The van der Waals surface area contributed by atoms with Crippen LogP contribution < -0.4 is 0 Å². The normalized spacial score (nSPS) is 11.8. The van der Waals surface area contributed by atoms with E-state index in [2.05, 4.69) is 25.8 Å². The fraction of sp³-hybridized carbons (Fsp3) is 0.357.